The minimum atomic E-state index is -0.648. The normalized spacial score (nSPS) is 14.2. The van der Waals surface area contributed by atoms with Crippen molar-refractivity contribution in [1.29, 1.82) is 0 Å². The molecule has 11 nitrogen and oxygen atoms in total. The summed E-state index contributed by atoms with van der Waals surface area (Å²) in [6, 6.07) is 25.0. The molecule has 1 atom stereocenters. The van der Waals surface area contributed by atoms with E-state index in [0.29, 0.717) is 51.2 Å². The second kappa shape index (κ2) is 16.4. The van der Waals surface area contributed by atoms with E-state index < -0.39 is 17.9 Å². The van der Waals surface area contributed by atoms with Crippen LogP contribution in [0, 0.1) is 0 Å². The lowest BCUT2D eigenvalue weighted by atomic mass is 9.95. The van der Waals surface area contributed by atoms with Gasteiger partial charge in [0.05, 0.1) is 36.6 Å². The second-order valence-corrected chi connectivity index (χ2v) is 11.2. The molecule has 0 bridgehead atoms. The van der Waals surface area contributed by atoms with E-state index in [-0.39, 0.29) is 25.8 Å². The molecule has 0 aromatic heterocycles. The lowest BCUT2D eigenvalue weighted by Crippen LogP contribution is -2.45. The van der Waals surface area contributed by atoms with Crippen LogP contribution in [0.25, 0.3) is 10.8 Å². The molecule has 1 aliphatic rings. The molecule has 0 aliphatic carbocycles. The van der Waals surface area contributed by atoms with Gasteiger partial charge in [-0.3, -0.25) is 4.79 Å². The van der Waals surface area contributed by atoms with Crippen molar-refractivity contribution in [1.82, 2.24) is 16.1 Å². The number of hydrogen-bond donors (Lipinski definition) is 3. The molecule has 0 saturated heterocycles. The Hall–Kier alpha value is -5.75. The maximum absolute atomic E-state index is 12.9. The highest BCUT2D eigenvalue weighted by Gasteiger charge is 2.32. The SMILES string of the molecule is CCOC(=O)C1=C(C)NC(=S)N[C@@H]1c1ccccc1OCC(=O)NN=Cc1c(OCc2ccc(C(=O)OCC)cc2)ccc2ccccc12. The molecule has 1 aliphatic heterocycles. The van der Waals surface area contributed by atoms with Crippen LogP contribution in [0.5, 0.6) is 11.5 Å². The van der Waals surface area contributed by atoms with Crippen LogP contribution in [-0.4, -0.2) is 49.0 Å². The van der Waals surface area contributed by atoms with E-state index in [1.165, 1.54) is 6.21 Å². The molecular weight excluding hydrogens is 644 g/mol. The Bertz CT molecular complexity index is 1920. The third-order valence-electron chi connectivity index (χ3n) is 7.53. The highest BCUT2D eigenvalue weighted by Crippen LogP contribution is 2.34. The summed E-state index contributed by atoms with van der Waals surface area (Å²) >= 11 is 5.35. The molecule has 3 N–H and O–H groups in total. The molecule has 4 aromatic carbocycles. The summed E-state index contributed by atoms with van der Waals surface area (Å²) in [6.45, 7) is 5.66. The molecule has 12 heteroatoms. The van der Waals surface area contributed by atoms with Crippen molar-refractivity contribution >= 4 is 52.2 Å². The largest absolute Gasteiger partial charge is 0.488 e. The van der Waals surface area contributed by atoms with Crippen molar-refractivity contribution < 1.29 is 33.3 Å². The van der Waals surface area contributed by atoms with Crippen LogP contribution in [0.3, 0.4) is 0 Å². The van der Waals surface area contributed by atoms with Gasteiger partial charge >= 0.3 is 11.9 Å². The predicted molar refractivity (Wildman–Crippen MR) is 189 cm³/mol. The van der Waals surface area contributed by atoms with Crippen LogP contribution in [0.2, 0.25) is 0 Å². The van der Waals surface area contributed by atoms with Crippen molar-refractivity contribution in [3.63, 3.8) is 0 Å². The molecule has 0 radical (unpaired) electrons. The Morgan fingerprint density at radius 3 is 2.35 bits per heavy atom. The maximum Gasteiger partial charge on any atom is 0.338 e. The Morgan fingerprint density at radius 1 is 0.857 bits per heavy atom. The van der Waals surface area contributed by atoms with Crippen molar-refractivity contribution in [2.75, 3.05) is 19.8 Å². The number of benzene rings is 4. The number of rotatable bonds is 13. The first kappa shape index (κ1) is 34.6. The van der Waals surface area contributed by atoms with Crippen molar-refractivity contribution in [2.45, 2.75) is 33.4 Å². The lowest BCUT2D eigenvalue weighted by Gasteiger charge is -2.30. The summed E-state index contributed by atoms with van der Waals surface area (Å²) in [5.74, 6) is -0.416. The number of ether oxygens (including phenoxy) is 4. The number of esters is 2. The van der Waals surface area contributed by atoms with Gasteiger partial charge in [-0.15, -0.1) is 0 Å². The smallest absolute Gasteiger partial charge is 0.338 e. The zero-order valence-electron chi connectivity index (χ0n) is 27.3. The van der Waals surface area contributed by atoms with E-state index in [9.17, 15) is 14.4 Å². The minimum absolute atomic E-state index is 0.213. The Balaban J connectivity index is 1.27. The summed E-state index contributed by atoms with van der Waals surface area (Å²) in [6.07, 6.45) is 1.53. The first-order chi connectivity index (χ1) is 23.8. The fourth-order valence-electron chi connectivity index (χ4n) is 5.25. The van der Waals surface area contributed by atoms with E-state index in [1.807, 2.05) is 48.5 Å². The third-order valence-corrected chi connectivity index (χ3v) is 7.75. The van der Waals surface area contributed by atoms with E-state index in [0.717, 1.165) is 16.3 Å². The van der Waals surface area contributed by atoms with Crippen molar-refractivity contribution in [3.05, 3.63) is 118 Å². The van der Waals surface area contributed by atoms with Gasteiger partial charge in [0.15, 0.2) is 11.7 Å². The number of amides is 1. The van der Waals surface area contributed by atoms with Crippen LogP contribution in [-0.2, 0) is 25.7 Å². The van der Waals surface area contributed by atoms with Gasteiger partial charge in [-0.1, -0.05) is 60.7 Å². The summed E-state index contributed by atoms with van der Waals surface area (Å²) < 4.78 is 22.4. The average Bonchev–Trinajstić information content (AvgIpc) is 3.10. The number of thiocarbonyl (C=S) groups is 1. The quantitative estimate of drug-likeness (QED) is 0.0721. The van der Waals surface area contributed by atoms with E-state index in [4.69, 9.17) is 31.2 Å². The van der Waals surface area contributed by atoms with E-state index in [2.05, 4.69) is 21.2 Å². The monoisotopic (exact) mass is 680 g/mol. The molecule has 252 valence electrons. The molecule has 4 aromatic rings. The molecule has 5 rings (SSSR count). The van der Waals surface area contributed by atoms with Crippen LogP contribution >= 0.6 is 12.2 Å². The molecule has 49 heavy (non-hydrogen) atoms. The third kappa shape index (κ3) is 8.59. The van der Waals surface area contributed by atoms with Gasteiger partial charge in [-0.2, -0.15) is 5.10 Å². The number of carbonyl (C=O) groups is 3. The lowest BCUT2D eigenvalue weighted by molar-refractivity contribution is -0.139. The van der Waals surface area contributed by atoms with Crippen LogP contribution in [0.15, 0.2) is 101 Å². The number of nitrogens with zero attached hydrogens (tertiary/aromatic N) is 1. The van der Waals surface area contributed by atoms with E-state index >= 15 is 0 Å². The first-order valence-electron chi connectivity index (χ1n) is 15.7. The number of hydrazone groups is 1. The number of carbonyl (C=O) groups excluding carboxylic acids is 3. The predicted octanol–water partition coefficient (Wildman–Crippen LogP) is 5.48. The Morgan fingerprint density at radius 2 is 1.57 bits per heavy atom. The van der Waals surface area contributed by atoms with Crippen LogP contribution < -0.4 is 25.5 Å². The number of allylic oxidation sites excluding steroid dienone is 1. The number of nitrogens with one attached hydrogen (secondary N) is 3. The zero-order chi connectivity index (χ0) is 34.8. The maximum atomic E-state index is 12.9. The zero-order valence-corrected chi connectivity index (χ0v) is 28.1. The molecule has 0 unspecified atom stereocenters. The van der Waals surface area contributed by atoms with Gasteiger partial charge in [-0.05, 0) is 73.6 Å². The highest BCUT2D eigenvalue weighted by atomic mass is 32.1. The number of para-hydroxylation sites is 1. The van der Waals surface area contributed by atoms with Crippen molar-refractivity contribution in [3.8, 4) is 11.5 Å². The standard InChI is InChI=1S/C37H36N4O7S/c1-4-45-35(43)26-16-14-24(15-17-26)21-47-31-19-18-25-10-6-7-11-27(25)29(31)20-38-41-32(42)22-48-30-13-9-8-12-28(30)34-33(36(44)46-5-2)23(3)39-37(49)40-34/h6-20,34H,4-5,21-22H2,1-3H3,(H,41,42)(H2,39,40,49)/t34-/m1/s1. The van der Waals surface area contributed by atoms with Crippen LogP contribution in [0.1, 0.15) is 53.9 Å². The summed E-state index contributed by atoms with van der Waals surface area (Å²) in [5, 5.41) is 12.5. The summed E-state index contributed by atoms with van der Waals surface area (Å²) in [4.78, 5) is 37.7. The van der Waals surface area contributed by atoms with Gasteiger partial charge in [0.2, 0.25) is 0 Å². The second-order valence-electron chi connectivity index (χ2n) is 10.8. The van der Waals surface area contributed by atoms with Gasteiger partial charge in [0, 0.05) is 16.8 Å². The molecule has 1 amide bonds. The number of hydrogen-bond acceptors (Lipinski definition) is 9. The van der Waals surface area contributed by atoms with Crippen LogP contribution in [0.4, 0.5) is 0 Å². The van der Waals surface area contributed by atoms with Crippen molar-refractivity contribution in [2.24, 2.45) is 5.10 Å². The first-order valence-corrected chi connectivity index (χ1v) is 16.1. The van der Waals surface area contributed by atoms with Gasteiger partial charge in [-0.25, -0.2) is 15.0 Å². The minimum Gasteiger partial charge on any atom is -0.488 e. The van der Waals surface area contributed by atoms with E-state index in [1.54, 1.807) is 57.2 Å². The molecule has 1 heterocycles. The molecular formula is C37H36N4O7S. The molecule has 0 spiro atoms. The summed E-state index contributed by atoms with van der Waals surface area (Å²) in [5.41, 5.74) is 6.07. The fourth-order valence-corrected chi connectivity index (χ4v) is 5.52. The number of fused-ring (bicyclic) bond motifs is 1. The average molecular weight is 681 g/mol. The summed E-state index contributed by atoms with van der Waals surface area (Å²) in [7, 11) is 0. The Labute approximate surface area is 289 Å². The fraction of sp³-hybridized carbons (Fsp3) is 0.216. The van der Waals surface area contributed by atoms with Gasteiger partial charge in [0.1, 0.15) is 18.1 Å². The van der Waals surface area contributed by atoms with Gasteiger partial charge < -0.3 is 29.6 Å². The Kier molecular flexibility index (Phi) is 11.6. The highest BCUT2D eigenvalue weighted by molar-refractivity contribution is 7.80. The van der Waals surface area contributed by atoms with Gasteiger partial charge in [0.25, 0.3) is 5.91 Å². The topological polar surface area (TPSA) is 137 Å². The molecule has 0 saturated carbocycles. The molecule has 0 fully saturated rings.